The number of nitrogens with zero attached hydrogens (tertiary/aromatic N) is 2. The second-order valence-electron chi connectivity index (χ2n) is 6.34. The number of imide groups is 1. The molecule has 0 bridgehead atoms. The van der Waals surface area contributed by atoms with Crippen LogP contribution < -0.4 is 10.6 Å². The van der Waals surface area contributed by atoms with Gasteiger partial charge >= 0.3 is 12.1 Å². The van der Waals surface area contributed by atoms with Gasteiger partial charge in [0.25, 0.3) is 5.91 Å². The fourth-order valence-corrected chi connectivity index (χ4v) is 2.22. The lowest BCUT2D eigenvalue weighted by Crippen LogP contribution is -2.41. The quantitative estimate of drug-likeness (QED) is 0.750. The van der Waals surface area contributed by atoms with Gasteiger partial charge in [0, 0.05) is 25.2 Å². The summed E-state index contributed by atoms with van der Waals surface area (Å²) < 4.78 is 0. The van der Waals surface area contributed by atoms with Crippen molar-refractivity contribution in [3.05, 3.63) is 0 Å². The van der Waals surface area contributed by atoms with Gasteiger partial charge in [0.2, 0.25) is 0 Å². The number of nitrogens with one attached hydrogen (secondary N) is 2. The van der Waals surface area contributed by atoms with E-state index < -0.39 is 5.54 Å². The molecule has 21 heavy (non-hydrogen) atoms. The molecule has 0 aromatic heterocycles. The summed E-state index contributed by atoms with van der Waals surface area (Å²) in [5.74, 6) is -0.150. The molecule has 2 N–H and O–H groups in total. The van der Waals surface area contributed by atoms with Gasteiger partial charge in [-0.25, -0.2) is 9.59 Å². The Kier molecular flexibility index (Phi) is 5.20. The Morgan fingerprint density at radius 2 is 1.57 bits per heavy atom. The van der Waals surface area contributed by atoms with Crippen LogP contribution in [0.15, 0.2) is 0 Å². The molecule has 2 saturated heterocycles. The van der Waals surface area contributed by atoms with Gasteiger partial charge < -0.3 is 15.5 Å². The first-order valence-electron chi connectivity index (χ1n) is 7.28. The predicted molar refractivity (Wildman–Crippen MR) is 79.8 cm³/mol. The second-order valence-corrected chi connectivity index (χ2v) is 6.34. The van der Waals surface area contributed by atoms with E-state index in [4.69, 9.17) is 0 Å². The Morgan fingerprint density at radius 3 is 1.76 bits per heavy atom. The minimum atomic E-state index is -0.735. The van der Waals surface area contributed by atoms with Gasteiger partial charge in [0.05, 0.1) is 0 Å². The molecule has 5 amide bonds. The molecule has 2 fully saturated rings. The molecular weight excluding hydrogens is 272 g/mol. The van der Waals surface area contributed by atoms with Gasteiger partial charge in [-0.15, -0.1) is 0 Å². The smallest absolute Gasteiger partial charge is 0.325 e. The van der Waals surface area contributed by atoms with Crippen LogP contribution in [0.2, 0.25) is 0 Å². The third kappa shape index (κ3) is 3.86. The SMILES string of the molecule is CC(C)N1C(=O)NC(C)(C)C1=O.CC(C)N1CCNC1=O. The molecular formula is C14H26N4O3. The molecule has 2 aliphatic rings. The Bertz CT molecular complexity index is 432. The highest BCUT2D eigenvalue weighted by atomic mass is 16.2. The van der Waals surface area contributed by atoms with E-state index in [9.17, 15) is 14.4 Å². The Morgan fingerprint density at radius 1 is 1.00 bits per heavy atom. The molecule has 2 heterocycles. The van der Waals surface area contributed by atoms with Crippen LogP contribution in [0.5, 0.6) is 0 Å². The summed E-state index contributed by atoms with van der Waals surface area (Å²) in [7, 11) is 0. The van der Waals surface area contributed by atoms with E-state index in [0.717, 1.165) is 13.1 Å². The first kappa shape index (κ1) is 17.3. The minimum Gasteiger partial charge on any atom is -0.336 e. The second kappa shape index (κ2) is 6.32. The van der Waals surface area contributed by atoms with Gasteiger partial charge in [-0.1, -0.05) is 0 Å². The van der Waals surface area contributed by atoms with E-state index >= 15 is 0 Å². The van der Waals surface area contributed by atoms with Crippen molar-refractivity contribution < 1.29 is 14.4 Å². The first-order valence-corrected chi connectivity index (χ1v) is 7.28. The van der Waals surface area contributed by atoms with Gasteiger partial charge in [-0.05, 0) is 41.5 Å². The van der Waals surface area contributed by atoms with Crippen LogP contribution >= 0.6 is 0 Å². The van der Waals surface area contributed by atoms with E-state index in [0.29, 0.717) is 6.04 Å². The molecule has 7 nitrogen and oxygen atoms in total. The van der Waals surface area contributed by atoms with E-state index in [1.165, 1.54) is 4.90 Å². The number of amides is 5. The molecule has 0 saturated carbocycles. The summed E-state index contributed by atoms with van der Waals surface area (Å²) in [6, 6.07) is 0.0526. The maximum Gasteiger partial charge on any atom is 0.325 e. The van der Waals surface area contributed by atoms with E-state index in [-0.39, 0.29) is 24.0 Å². The third-order valence-electron chi connectivity index (χ3n) is 3.42. The van der Waals surface area contributed by atoms with Crippen LogP contribution in [0, 0.1) is 0 Å². The number of carbonyl (C=O) groups is 3. The number of rotatable bonds is 2. The summed E-state index contributed by atoms with van der Waals surface area (Å²) >= 11 is 0. The van der Waals surface area contributed by atoms with Crippen molar-refractivity contribution in [2.75, 3.05) is 13.1 Å². The van der Waals surface area contributed by atoms with Crippen molar-refractivity contribution >= 4 is 18.0 Å². The van der Waals surface area contributed by atoms with Crippen molar-refractivity contribution in [1.82, 2.24) is 20.4 Å². The van der Waals surface area contributed by atoms with E-state index in [1.807, 2.05) is 32.6 Å². The number of urea groups is 2. The topological polar surface area (TPSA) is 81.8 Å². The lowest BCUT2D eigenvalue weighted by molar-refractivity contribution is -0.131. The molecule has 0 unspecified atom stereocenters. The van der Waals surface area contributed by atoms with Crippen molar-refractivity contribution in [1.29, 1.82) is 0 Å². The molecule has 7 heteroatoms. The lowest BCUT2D eigenvalue weighted by atomic mass is 10.1. The molecule has 0 radical (unpaired) electrons. The van der Waals surface area contributed by atoms with Crippen molar-refractivity contribution in [3.63, 3.8) is 0 Å². The van der Waals surface area contributed by atoms with Crippen LogP contribution in [0.3, 0.4) is 0 Å². The standard InChI is InChI=1S/C8H14N2O2.C6H12N2O/c1-5(2)10-6(11)8(3,4)9-7(10)12;1-5(2)8-4-3-7-6(8)9/h5H,1-4H3,(H,9,12);5H,3-4H2,1-2H3,(H,7,9). The number of hydrogen-bond donors (Lipinski definition) is 2. The molecule has 2 aliphatic heterocycles. The Hall–Kier alpha value is -1.79. The van der Waals surface area contributed by atoms with Crippen LogP contribution in [-0.2, 0) is 4.79 Å². The summed E-state index contributed by atoms with van der Waals surface area (Å²) in [6.45, 7) is 12.7. The summed E-state index contributed by atoms with van der Waals surface area (Å²) in [4.78, 5) is 36.7. The highest BCUT2D eigenvalue weighted by molar-refractivity contribution is 6.06. The number of hydrogen-bond acceptors (Lipinski definition) is 3. The molecule has 120 valence electrons. The average Bonchev–Trinajstić information content (AvgIpc) is 2.82. The lowest BCUT2D eigenvalue weighted by Gasteiger charge is -2.18. The van der Waals surface area contributed by atoms with Gasteiger partial charge in [0.1, 0.15) is 5.54 Å². The maximum atomic E-state index is 11.5. The highest BCUT2D eigenvalue weighted by Gasteiger charge is 2.45. The molecule has 2 rings (SSSR count). The number of carbonyl (C=O) groups excluding carboxylic acids is 3. The van der Waals surface area contributed by atoms with Crippen LogP contribution in [-0.4, -0.2) is 58.5 Å². The third-order valence-corrected chi connectivity index (χ3v) is 3.42. The summed E-state index contributed by atoms with van der Waals surface area (Å²) in [6.07, 6.45) is 0. The van der Waals surface area contributed by atoms with E-state index in [2.05, 4.69) is 10.6 Å². The van der Waals surface area contributed by atoms with E-state index in [1.54, 1.807) is 13.8 Å². The van der Waals surface area contributed by atoms with Gasteiger partial charge in [-0.3, -0.25) is 9.69 Å². The zero-order chi connectivity index (χ0) is 16.4. The highest BCUT2D eigenvalue weighted by Crippen LogP contribution is 2.18. The fourth-order valence-electron chi connectivity index (χ4n) is 2.22. The van der Waals surface area contributed by atoms with Crippen LogP contribution in [0.25, 0.3) is 0 Å². The zero-order valence-electron chi connectivity index (χ0n) is 13.7. The summed E-state index contributed by atoms with van der Waals surface area (Å²) in [5.41, 5.74) is -0.735. The average molecular weight is 298 g/mol. The van der Waals surface area contributed by atoms with Crippen molar-refractivity contribution in [3.8, 4) is 0 Å². The van der Waals surface area contributed by atoms with Gasteiger partial charge in [-0.2, -0.15) is 0 Å². The monoisotopic (exact) mass is 298 g/mol. The molecule has 0 aromatic rings. The predicted octanol–water partition coefficient (Wildman–Crippen LogP) is 1.15. The van der Waals surface area contributed by atoms with Gasteiger partial charge in [0.15, 0.2) is 0 Å². The zero-order valence-corrected chi connectivity index (χ0v) is 13.7. The van der Waals surface area contributed by atoms with Crippen molar-refractivity contribution in [2.45, 2.75) is 59.2 Å². The molecule has 0 atom stereocenters. The molecule has 0 spiro atoms. The Labute approximate surface area is 126 Å². The van der Waals surface area contributed by atoms with Crippen molar-refractivity contribution in [2.24, 2.45) is 0 Å². The first-order chi connectivity index (χ1) is 9.58. The maximum absolute atomic E-state index is 11.5. The fraction of sp³-hybridized carbons (Fsp3) is 0.786. The largest absolute Gasteiger partial charge is 0.336 e. The minimum absolute atomic E-state index is 0.0701. The Balaban J connectivity index is 0.000000219. The van der Waals surface area contributed by atoms with Crippen LogP contribution in [0.1, 0.15) is 41.5 Å². The molecule has 0 aliphatic carbocycles. The van der Waals surface area contributed by atoms with Crippen LogP contribution in [0.4, 0.5) is 9.59 Å². The summed E-state index contributed by atoms with van der Waals surface area (Å²) in [5, 5.41) is 5.35. The normalized spacial score (nSPS) is 20.7. The molecule has 0 aromatic carbocycles.